The quantitative estimate of drug-likeness (QED) is 0.918. The summed E-state index contributed by atoms with van der Waals surface area (Å²) in [5.41, 5.74) is 1.59. The van der Waals surface area contributed by atoms with Crippen molar-refractivity contribution < 1.29 is 9.90 Å². The van der Waals surface area contributed by atoms with Gasteiger partial charge in [0.25, 0.3) is 0 Å². The average molecular weight is 262 g/mol. The minimum atomic E-state index is -0.916. The molecule has 2 rings (SSSR count). The number of rotatable bonds is 4. The number of aromatic nitrogens is 1. The summed E-state index contributed by atoms with van der Waals surface area (Å²) in [6.45, 7) is 4.49. The highest BCUT2D eigenvalue weighted by atomic mass is 32.1. The van der Waals surface area contributed by atoms with Gasteiger partial charge in [-0.15, -0.1) is 0 Å². The van der Waals surface area contributed by atoms with Crippen LogP contribution in [0.25, 0.3) is 0 Å². The molecule has 0 atom stereocenters. The van der Waals surface area contributed by atoms with Crippen LogP contribution in [0.5, 0.6) is 0 Å². The molecule has 0 unspecified atom stereocenters. The fraction of sp³-hybridized carbons (Fsp3) is 0.231. The molecule has 1 aromatic heterocycles. The lowest BCUT2D eigenvalue weighted by molar-refractivity contribution is 0.0701. The lowest BCUT2D eigenvalue weighted by Gasteiger charge is -2.19. The third-order valence-corrected chi connectivity index (χ3v) is 3.76. The van der Waals surface area contributed by atoms with Crippen LogP contribution >= 0.6 is 11.3 Å². The van der Waals surface area contributed by atoms with Gasteiger partial charge in [-0.2, -0.15) is 0 Å². The van der Waals surface area contributed by atoms with E-state index in [2.05, 4.69) is 4.98 Å². The van der Waals surface area contributed by atoms with Crippen molar-refractivity contribution in [1.29, 1.82) is 0 Å². The molecule has 0 saturated carbocycles. The molecule has 0 amide bonds. The summed E-state index contributed by atoms with van der Waals surface area (Å²) < 4.78 is 0. The van der Waals surface area contributed by atoms with Crippen molar-refractivity contribution in [1.82, 2.24) is 4.98 Å². The van der Waals surface area contributed by atoms with Gasteiger partial charge in [0.15, 0.2) is 5.13 Å². The first kappa shape index (κ1) is 12.6. The van der Waals surface area contributed by atoms with E-state index in [-0.39, 0.29) is 0 Å². The molecule has 94 valence electrons. The van der Waals surface area contributed by atoms with Crippen LogP contribution < -0.4 is 4.90 Å². The van der Waals surface area contributed by atoms with Crippen molar-refractivity contribution in [2.75, 3.05) is 11.4 Å². The largest absolute Gasteiger partial charge is 0.477 e. The zero-order chi connectivity index (χ0) is 13.1. The number of nitrogens with zero attached hydrogens (tertiary/aromatic N) is 2. The number of hydrogen-bond donors (Lipinski definition) is 1. The third kappa shape index (κ3) is 2.36. The summed E-state index contributed by atoms with van der Waals surface area (Å²) in [6.07, 6.45) is 0. The Bertz CT molecular complexity index is 551. The second-order valence-electron chi connectivity index (χ2n) is 3.80. The molecule has 0 aliphatic heterocycles. The van der Waals surface area contributed by atoms with Gasteiger partial charge in [-0.3, -0.25) is 0 Å². The monoisotopic (exact) mass is 262 g/mol. The van der Waals surface area contributed by atoms with E-state index in [0.717, 1.165) is 17.4 Å². The van der Waals surface area contributed by atoms with E-state index in [0.29, 0.717) is 10.6 Å². The average Bonchev–Trinajstić information content (AvgIpc) is 2.74. The van der Waals surface area contributed by atoms with Crippen LogP contribution in [-0.4, -0.2) is 22.6 Å². The zero-order valence-corrected chi connectivity index (χ0v) is 11.1. The van der Waals surface area contributed by atoms with E-state index in [1.807, 2.05) is 42.2 Å². The molecule has 1 heterocycles. The van der Waals surface area contributed by atoms with Crippen LogP contribution in [0, 0.1) is 6.92 Å². The Morgan fingerprint density at radius 2 is 2.06 bits per heavy atom. The maximum atomic E-state index is 11.0. The molecule has 0 aliphatic carbocycles. The maximum absolute atomic E-state index is 11.0. The highest BCUT2D eigenvalue weighted by Gasteiger charge is 2.18. The number of aromatic carboxylic acids is 1. The first-order valence-electron chi connectivity index (χ1n) is 5.66. The van der Waals surface area contributed by atoms with E-state index in [4.69, 9.17) is 5.11 Å². The number of thiazole rings is 1. The molecule has 2 aromatic rings. The van der Waals surface area contributed by atoms with Crippen molar-refractivity contribution in [2.24, 2.45) is 0 Å². The van der Waals surface area contributed by atoms with Crippen molar-refractivity contribution in [3.63, 3.8) is 0 Å². The highest BCUT2D eigenvalue weighted by Crippen LogP contribution is 2.31. The number of aryl methyl sites for hydroxylation is 1. The third-order valence-electron chi connectivity index (χ3n) is 2.59. The summed E-state index contributed by atoms with van der Waals surface area (Å²) in [6, 6.07) is 9.83. The molecule has 18 heavy (non-hydrogen) atoms. The number of benzene rings is 1. The number of carbonyl (C=O) groups is 1. The lowest BCUT2D eigenvalue weighted by Crippen LogP contribution is -2.15. The van der Waals surface area contributed by atoms with Gasteiger partial charge < -0.3 is 10.0 Å². The molecule has 0 radical (unpaired) electrons. The Hall–Kier alpha value is -1.88. The molecular weight excluding hydrogens is 248 g/mol. The van der Waals surface area contributed by atoms with E-state index in [9.17, 15) is 4.79 Å². The maximum Gasteiger partial charge on any atom is 0.347 e. The number of carboxylic acid groups (broad SMARTS) is 1. The molecule has 1 aromatic carbocycles. The molecule has 0 saturated heterocycles. The van der Waals surface area contributed by atoms with Crippen molar-refractivity contribution >= 4 is 28.1 Å². The van der Waals surface area contributed by atoms with Gasteiger partial charge >= 0.3 is 5.97 Å². The second kappa shape index (κ2) is 5.18. The standard InChI is InChI=1S/C13H14N2O2S/c1-3-15(10-7-5-4-6-8-10)13-14-9(2)11(18-13)12(16)17/h4-8H,3H2,1-2H3,(H,16,17). The number of anilines is 2. The number of carboxylic acids is 1. The van der Waals surface area contributed by atoms with Gasteiger partial charge in [0.2, 0.25) is 0 Å². The van der Waals surface area contributed by atoms with Gasteiger partial charge in [-0.25, -0.2) is 9.78 Å². The predicted octanol–water partition coefficient (Wildman–Crippen LogP) is 3.31. The second-order valence-corrected chi connectivity index (χ2v) is 4.77. The zero-order valence-electron chi connectivity index (χ0n) is 10.3. The molecule has 0 aliphatic rings. The highest BCUT2D eigenvalue weighted by molar-refractivity contribution is 7.17. The number of hydrogen-bond acceptors (Lipinski definition) is 4. The van der Waals surface area contributed by atoms with Crippen LogP contribution in [0.4, 0.5) is 10.8 Å². The van der Waals surface area contributed by atoms with Gasteiger partial charge in [0.1, 0.15) is 4.88 Å². The lowest BCUT2D eigenvalue weighted by atomic mass is 10.3. The van der Waals surface area contributed by atoms with Crippen molar-refractivity contribution in [3.05, 3.63) is 40.9 Å². The molecule has 1 N–H and O–H groups in total. The molecule has 0 bridgehead atoms. The molecule has 0 spiro atoms. The molecule has 4 nitrogen and oxygen atoms in total. The first-order chi connectivity index (χ1) is 8.63. The summed E-state index contributed by atoms with van der Waals surface area (Å²) in [4.78, 5) is 17.7. The van der Waals surface area contributed by atoms with Gasteiger partial charge in [-0.1, -0.05) is 29.5 Å². The summed E-state index contributed by atoms with van der Waals surface area (Å²) in [5.74, 6) is -0.916. The molecule has 5 heteroatoms. The van der Waals surface area contributed by atoms with Gasteiger partial charge in [0.05, 0.1) is 5.69 Å². The fourth-order valence-corrected chi connectivity index (χ4v) is 2.72. The van der Waals surface area contributed by atoms with Crippen LogP contribution in [0.3, 0.4) is 0 Å². The molecule has 0 fully saturated rings. The van der Waals surface area contributed by atoms with E-state index < -0.39 is 5.97 Å². The van der Waals surface area contributed by atoms with E-state index >= 15 is 0 Å². The smallest absolute Gasteiger partial charge is 0.347 e. The van der Waals surface area contributed by atoms with Crippen molar-refractivity contribution in [2.45, 2.75) is 13.8 Å². The first-order valence-corrected chi connectivity index (χ1v) is 6.48. The predicted molar refractivity (Wildman–Crippen MR) is 72.9 cm³/mol. The normalized spacial score (nSPS) is 10.3. The van der Waals surface area contributed by atoms with Crippen LogP contribution in [0.1, 0.15) is 22.3 Å². The minimum absolute atomic E-state index is 0.305. The Balaban J connectivity index is 2.40. The molecular formula is C13H14N2O2S. The number of para-hydroxylation sites is 1. The van der Waals surface area contributed by atoms with E-state index in [1.54, 1.807) is 6.92 Å². The van der Waals surface area contributed by atoms with Crippen LogP contribution in [0.15, 0.2) is 30.3 Å². The topological polar surface area (TPSA) is 53.4 Å². The van der Waals surface area contributed by atoms with E-state index in [1.165, 1.54) is 11.3 Å². The minimum Gasteiger partial charge on any atom is -0.477 e. The van der Waals surface area contributed by atoms with Crippen molar-refractivity contribution in [3.8, 4) is 0 Å². The SMILES string of the molecule is CCN(c1ccccc1)c1nc(C)c(C(=O)O)s1. The Morgan fingerprint density at radius 3 is 2.56 bits per heavy atom. The Kier molecular flexibility index (Phi) is 3.62. The summed E-state index contributed by atoms with van der Waals surface area (Å²) in [7, 11) is 0. The summed E-state index contributed by atoms with van der Waals surface area (Å²) in [5, 5.41) is 9.78. The van der Waals surface area contributed by atoms with Gasteiger partial charge in [-0.05, 0) is 26.0 Å². The van der Waals surface area contributed by atoms with Crippen LogP contribution in [0.2, 0.25) is 0 Å². The van der Waals surface area contributed by atoms with Crippen LogP contribution in [-0.2, 0) is 0 Å². The fourth-order valence-electron chi connectivity index (χ4n) is 1.73. The Labute approximate surface area is 110 Å². The Morgan fingerprint density at radius 1 is 1.39 bits per heavy atom. The van der Waals surface area contributed by atoms with Gasteiger partial charge in [0, 0.05) is 12.2 Å². The summed E-state index contributed by atoms with van der Waals surface area (Å²) >= 11 is 1.21.